The zero-order valence-corrected chi connectivity index (χ0v) is 29.4. The standard InChI is InChI=1S/C38H48N4O9/c1-37-12-11-30(51-35-33(47)32(46)31(45)28(19-43)50-35)38(2,20-44)29(37)17-27-25(18-42-14-13-39-36(42)40-27)26(37)10-7-22-16-24(49-34(22)48)15-21-5-8-23(9-6-21)41(3)4/h5-10,13-16,25-26,28-33,35,43-47H,11-12,17-20H2,1-4H3/b10-7+,24-15+/t25?,26?,28?,29?,30-,31?,32?,33?,35?,37-,38+/m1/s1. The van der Waals surface area contributed by atoms with Gasteiger partial charge in [0.1, 0.15) is 30.2 Å². The molecule has 5 aliphatic rings. The minimum absolute atomic E-state index is 0.0123. The molecule has 2 aromatic rings. The maximum Gasteiger partial charge on any atom is 0.343 e. The number of fused-ring (bicyclic) bond motifs is 3. The number of hydrogen-bond acceptors (Lipinski definition) is 12. The highest BCUT2D eigenvalue weighted by Gasteiger charge is 2.61. The molecule has 3 fully saturated rings. The second kappa shape index (κ2) is 13.7. The first-order valence-electron chi connectivity index (χ1n) is 17.6. The summed E-state index contributed by atoms with van der Waals surface area (Å²) in [5.74, 6) is 0.426. The Morgan fingerprint density at radius 2 is 1.86 bits per heavy atom. The van der Waals surface area contributed by atoms with Crippen LogP contribution in [-0.4, -0.2) is 111 Å². The highest BCUT2D eigenvalue weighted by Crippen LogP contribution is 2.62. The minimum Gasteiger partial charge on any atom is -0.423 e. The number of aliphatic hydroxyl groups is 5. The van der Waals surface area contributed by atoms with Crippen molar-refractivity contribution < 1.29 is 44.5 Å². The molecular weight excluding hydrogens is 656 g/mol. The van der Waals surface area contributed by atoms with Gasteiger partial charge in [-0.05, 0) is 66.4 Å². The van der Waals surface area contributed by atoms with Crippen LogP contribution in [0.5, 0.6) is 0 Å². The fraction of sp³-hybridized carbons (Fsp3) is 0.553. The number of carbonyl (C=O) groups excluding carboxylic acids is 1. The summed E-state index contributed by atoms with van der Waals surface area (Å²) in [5, 5.41) is 52.4. The number of cyclic esters (lactones) is 1. The molecule has 1 aromatic heterocycles. The lowest BCUT2D eigenvalue weighted by molar-refractivity contribution is -0.329. The predicted octanol–water partition coefficient (Wildman–Crippen LogP) is 2.35. The van der Waals surface area contributed by atoms with Crippen LogP contribution >= 0.6 is 0 Å². The van der Waals surface area contributed by atoms with E-state index < -0.39 is 54.8 Å². The van der Waals surface area contributed by atoms with Crippen LogP contribution in [0, 0.1) is 28.6 Å². The molecule has 13 heteroatoms. The van der Waals surface area contributed by atoms with Gasteiger partial charge in [-0.15, -0.1) is 0 Å². The Kier molecular flexibility index (Phi) is 9.59. The number of benzene rings is 1. The van der Waals surface area contributed by atoms with Crippen LogP contribution in [0.3, 0.4) is 0 Å². The van der Waals surface area contributed by atoms with Crippen LogP contribution < -0.4 is 4.90 Å². The predicted molar refractivity (Wildman–Crippen MR) is 188 cm³/mol. The Morgan fingerprint density at radius 3 is 2.57 bits per heavy atom. The van der Waals surface area contributed by atoms with Crippen molar-refractivity contribution in [3.63, 3.8) is 0 Å². The number of hydrogen-bond donors (Lipinski definition) is 5. The van der Waals surface area contributed by atoms with Crippen molar-refractivity contribution >= 4 is 29.4 Å². The van der Waals surface area contributed by atoms with E-state index in [0.29, 0.717) is 43.1 Å². The molecule has 274 valence electrons. The third-order valence-electron chi connectivity index (χ3n) is 12.1. The Balaban J connectivity index is 1.20. The van der Waals surface area contributed by atoms with Crippen LogP contribution in [0.4, 0.5) is 11.6 Å². The first-order valence-corrected chi connectivity index (χ1v) is 17.6. The van der Waals surface area contributed by atoms with Crippen molar-refractivity contribution in [1.82, 2.24) is 9.55 Å². The Labute approximate surface area is 297 Å². The summed E-state index contributed by atoms with van der Waals surface area (Å²) in [7, 11) is 3.96. The summed E-state index contributed by atoms with van der Waals surface area (Å²) in [6.07, 6.45) is 5.32. The lowest BCUT2D eigenvalue weighted by Gasteiger charge is -2.62. The number of carbonyl (C=O) groups is 1. The molecule has 1 saturated heterocycles. The lowest BCUT2D eigenvalue weighted by Crippen LogP contribution is -2.64. The number of rotatable bonds is 8. The van der Waals surface area contributed by atoms with Crippen LogP contribution in [0.1, 0.15) is 38.7 Å². The summed E-state index contributed by atoms with van der Waals surface area (Å²) in [4.78, 5) is 24.6. The normalized spacial score (nSPS) is 38.5. The van der Waals surface area contributed by atoms with Crippen molar-refractivity contribution in [3.8, 4) is 0 Å². The van der Waals surface area contributed by atoms with Gasteiger partial charge >= 0.3 is 5.97 Å². The van der Waals surface area contributed by atoms with Crippen molar-refractivity contribution in [2.45, 2.75) is 76.5 Å². The van der Waals surface area contributed by atoms with E-state index in [1.54, 1.807) is 12.3 Å². The van der Waals surface area contributed by atoms with Crippen molar-refractivity contribution in [1.29, 1.82) is 0 Å². The minimum atomic E-state index is -1.57. The number of esters is 1. The van der Waals surface area contributed by atoms with Crippen LogP contribution in [0.2, 0.25) is 0 Å². The Hall–Kier alpha value is -3.69. The average molecular weight is 705 g/mol. The van der Waals surface area contributed by atoms with Gasteiger partial charge in [0, 0.05) is 55.8 Å². The van der Waals surface area contributed by atoms with Gasteiger partial charge in [-0.2, -0.15) is 0 Å². The van der Waals surface area contributed by atoms with E-state index in [1.807, 2.05) is 73.1 Å². The Morgan fingerprint density at radius 1 is 1.10 bits per heavy atom. The average Bonchev–Trinajstić information content (AvgIpc) is 3.72. The number of ether oxygens (including phenoxy) is 3. The molecule has 13 nitrogen and oxygen atoms in total. The van der Waals surface area contributed by atoms with Crippen LogP contribution in [-0.2, 0) is 25.5 Å². The quantitative estimate of drug-likeness (QED) is 0.201. The Bertz CT molecular complexity index is 1750. The molecular formula is C38H48N4O9. The summed E-state index contributed by atoms with van der Waals surface area (Å²) in [6, 6.07) is 7.97. The zero-order chi connectivity index (χ0) is 36.2. The molecule has 7 rings (SSSR count). The molecule has 0 radical (unpaired) electrons. The highest BCUT2D eigenvalue weighted by molar-refractivity contribution is 5.96. The molecule has 8 unspecified atom stereocenters. The third kappa shape index (κ3) is 6.28. The number of anilines is 1. The molecule has 11 atom stereocenters. The van der Waals surface area contributed by atoms with Gasteiger partial charge in [0.15, 0.2) is 6.29 Å². The zero-order valence-electron chi connectivity index (χ0n) is 29.4. The molecule has 51 heavy (non-hydrogen) atoms. The second-order valence-corrected chi connectivity index (χ2v) is 15.3. The number of nitrogens with zero attached hydrogens (tertiary/aromatic N) is 4. The first-order chi connectivity index (χ1) is 24.4. The van der Waals surface area contributed by atoms with E-state index in [4.69, 9.17) is 19.2 Å². The molecule has 5 N–H and O–H groups in total. The number of allylic oxidation sites excluding steroid dienone is 2. The summed E-state index contributed by atoms with van der Waals surface area (Å²) in [5.41, 5.74) is 2.17. The van der Waals surface area contributed by atoms with Gasteiger partial charge in [0.2, 0.25) is 5.95 Å². The van der Waals surface area contributed by atoms with Gasteiger partial charge in [-0.3, -0.25) is 0 Å². The topological polar surface area (TPSA) is 179 Å². The first kappa shape index (κ1) is 35.7. The van der Waals surface area contributed by atoms with E-state index >= 15 is 0 Å². The van der Waals surface area contributed by atoms with Crippen LogP contribution in [0.25, 0.3) is 6.08 Å². The van der Waals surface area contributed by atoms with Gasteiger partial charge in [0.05, 0.1) is 24.9 Å². The maximum absolute atomic E-state index is 13.1. The molecule has 0 amide bonds. The van der Waals surface area contributed by atoms with Crippen LogP contribution in [0.15, 0.2) is 71.2 Å². The number of aliphatic imine (C=N–C) groups is 1. The van der Waals surface area contributed by atoms with Crippen molar-refractivity contribution in [2.24, 2.45) is 33.6 Å². The van der Waals surface area contributed by atoms with E-state index in [9.17, 15) is 30.3 Å². The third-order valence-corrected chi connectivity index (χ3v) is 12.1. The van der Waals surface area contributed by atoms with Crippen molar-refractivity contribution in [3.05, 3.63) is 71.8 Å². The van der Waals surface area contributed by atoms with E-state index in [0.717, 1.165) is 17.0 Å². The number of aliphatic hydroxyl groups excluding tert-OH is 5. The van der Waals surface area contributed by atoms with Gasteiger partial charge in [0.25, 0.3) is 0 Å². The molecule has 4 heterocycles. The number of imidazole rings is 1. The van der Waals surface area contributed by atoms with Gasteiger partial charge in [-0.25, -0.2) is 14.8 Å². The molecule has 0 bridgehead atoms. The molecule has 2 aliphatic carbocycles. The smallest absolute Gasteiger partial charge is 0.343 e. The summed E-state index contributed by atoms with van der Waals surface area (Å²) in [6.45, 7) is 4.07. The van der Waals surface area contributed by atoms with E-state index in [-0.39, 0.29) is 29.8 Å². The highest BCUT2D eigenvalue weighted by atomic mass is 16.7. The van der Waals surface area contributed by atoms with Gasteiger partial charge in [-0.1, -0.05) is 38.1 Å². The van der Waals surface area contributed by atoms with E-state index in [2.05, 4.69) is 18.0 Å². The summed E-state index contributed by atoms with van der Waals surface area (Å²) < 4.78 is 19.8. The fourth-order valence-electron chi connectivity index (χ4n) is 9.03. The lowest BCUT2D eigenvalue weighted by atomic mass is 9.45. The number of aromatic nitrogens is 2. The fourth-order valence-corrected chi connectivity index (χ4v) is 9.03. The maximum atomic E-state index is 13.1. The van der Waals surface area contributed by atoms with Gasteiger partial charge < -0.3 is 49.2 Å². The molecule has 0 spiro atoms. The molecule has 3 aliphatic heterocycles. The summed E-state index contributed by atoms with van der Waals surface area (Å²) >= 11 is 0. The molecule has 1 aromatic carbocycles. The SMILES string of the molecule is CN(C)c1ccc(/C=C2C=C(/C=C/C3C4Cn5ccnc5N=C4CC4[C@]3(C)CC[C@@H](OC3OC(CO)C(O)C(O)C3O)[C@@]4(C)CO)C(=O)O\2)cc1. The monoisotopic (exact) mass is 704 g/mol. The second-order valence-electron chi connectivity index (χ2n) is 15.3. The largest absolute Gasteiger partial charge is 0.423 e. The molecule has 2 saturated carbocycles. The van der Waals surface area contributed by atoms with E-state index in [1.165, 1.54) is 0 Å². The van der Waals surface area contributed by atoms with Crippen molar-refractivity contribution in [2.75, 3.05) is 32.2 Å².